The fourth-order valence-electron chi connectivity index (χ4n) is 2.82. The first-order chi connectivity index (χ1) is 14.0. The molecule has 1 aromatic carbocycles. The van der Waals surface area contributed by atoms with Gasteiger partial charge in [-0.3, -0.25) is 9.59 Å². The third-order valence-corrected chi connectivity index (χ3v) is 6.80. The van der Waals surface area contributed by atoms with Crippen LogP contribution >= 0.6 is 34.4 Å². The van der Waals surface area contributed by atoms with Gasteiger partial charge < -0.3 is 9.88 Å². The van der Waals surface area contributed by atoms with Crippen molar-refractivity contribution in [3.63, 3.8) is 0 Å². The SMILES string of the molecule is CN(Cc1ccsc1)C(=O)CSc1nc2scc(-c3ccc(F)cc3)c2c(=O)[nH]1. The average molecular weight is 446 g/mol. The highest BCUT2D eigenvalue weighted by Crippen LogP contribution is 2.31. The van der Waals surface area contributed by atoms with Crippen molar-refractivity contribution in [2.45, 2.75) is 11.7 Å². The van der Waals surface area contributed by atoms with Crippen molar-refractivity contribution in [2.75, 3.05) is 12.8 Å². The summed E-state index contributed by atoms with van der Waals surface area (Å²) in [4.78, 5) is 34.5. The summed E-state index contributed by atoms with van der Waals surface area (Å²) < 4.78 is 13.2. The lowest BCUT2D eigenvalue weighted by Gasteiger charge is -2.15. The molecule has 1 amide bonds. The molecule has 0 aliphatic carbocycles. The number of halogens is 1. The fourth-order valence-corrected chi connectivity index (χ4v) is 5.29. The minimum absolute atomic E-state index is 0.0397. The molecule has 3 heterocycles. The first-order valence-corrected chi connectivity index (χ1v) is 11.5. The second kappa shape index (κ2) is 8.48. The van der Waals surface area contributed by atoms with E-state index in [9.17, 15) is 14.0 Å². The van der Waals surface area contributed by atoms with Gasteiger partial charge in [-0.25, -0.2) is 9.37 Å². The Bertz CT molecular complexity index is 1200. The zero-order chi connectivity index (χ0) is 20.4. The number of thioether (sulfide) groups is 1. The number of rotatable bonds is 6. The number of aromatic amines is 1. The van der Waals surface area contributed by atoms with Gasteiger partial charge in [0.15, 0.2) is 5.16 Å². The van der Waals surface area contributed by atoms with Gasteiger partial charge in [-0.15, -0.1) is 11.3 Å². The van der Waals surface area contributed by atoms with Gasteiger partial charge >= 0.3 is 0 Å². The van der Waals surface area contributed by atoms with Crippen LogP contribution in [0.5, 0.6) is 0 Å². The summed E-state index contributed by atoms with van der Waals surface area (Å²) >= 11 is 4.16. The van der Waals surface area contributed by atoms with Crippen molar-refractivity contribution in [2.24, 2.45) is 0 Å². The number of carbonyl (C=O) groups is 1. The van der Waals surface area contributed by atoms with Gasteiger partial charge in [-0.05, 0) is 40.1 Å². The molecule has 0 unspecified atom stereocenters. The molecule has 9 heteroatoms. The second-order valence-corrected chi connectivity index (χ2v) is 8.98. The van der Waals surface area contributed by atoms with Crippen LogP contribution in [0.25, 0.3) is 21.3 Å². The molecule has 0 radical (unpaired) electrons. The van der Waals surface area contributed by atoms with Crippen LogP contribution in [-0.4, -0.2) is 33.6 Å². The number of hydrogen-bond donors (Lipinski definition) is 1. The van der Waals surface area contributed by atoms with Crippen LogP contribution in [0.1, 0.15) is 5.56 Å². The van der Waals surface area contributed by atoms with E-state index in [4.69, 9.17) is 0 Å². The van der Waals surface area contributed by atoms with Gasteiger partial charge in [0.2, 0.25) is 5.91 Å². The van der Waals surface area contributed by atoms with Crippen LogP contribution in [0.3, 0.4) is 0 Å². The topological polar surface area (TPSA) is 66.1 Å². The number of aromatic nitrogens is 2. The van der Waals surface area contributed by atoms with Gasteiger partial charge in [0.1, 0.15) is 10.6 Å². The predicted molar refractivity (Wildman–Crippen MR) is 117 cm³/mol. The number of benzene rings is 1. The highest BCUT2D eigenvalue weighted by atomic mass is 32.2. The summed E-state index contributed by atoms with van der Waals surface area (Å²) in [5.74, 6) is -0.180. The summed E-state index contributed by atoms with van der Waals surface area (Å²) in [7, 11) is 1.76. The monoisotopic (exact) mass is 445 g/mol. The molecule has 0 aliphatic rings. The molecule has 0 saturated heterocycles. The van der Waals surface area contributed by atoms with E-state index in [2.05, 4.69) is 9.97 Å². The maximum absolute atomic E-state index is 13.2. The highest BCUT2D eigenvalue weighted by Gasteiger charge is 2.15. The first kappa shape index (κ1) is 19.8. The Balaban J connectivity index is 1.50. The number of nitrogens with one attached hydrogen (secondary N) is 1. The van der Waals surface area contributed by atoms with E-state index in [0.29, 0.717) is 21.9 Å². The quantitative estimate of drug-likeness (QED) is 0.348. The fraction of sp³-hybridized carbons (Fsp3) is 0.150. The molecule has 5 nitrogen and oxygen atoms in total. The molecule has 29 heavy (non-hydrogen) atoms. The molecule has 0 saturated carbocycles. The zero-order valence-corrected chi connectivity index (χ0v) is 17.8. The second-order valence-electron chi connectivity index (χ2n) is 6.38. The van der Waals surface area contributed by atoms with Crippen LogP contribution in [0.15, 0.2) is 56.4 Å². The van der Waals surface area contributed by atoms with Crippen molar-refractivity contribution in [1.29, 1.82) is 0 Å². The summed E-state index contributed by atoms with van der Waals surface area (Å²) in [6.07, 6.45) is 0. The minimum atomic E-state index is -0.326. The van der Waals surface area contributed by atoms with Crippen LogP contribution in [-0.2, 0) is 11.3 Å². The van der Waals surface area contributed by atoms with Crippen LogP contribution in [0.2, 0.25) is 0 Å². The van der Waals surface area contributed by atoms with Crippen LogP contribution < -0.4 is 5.56 Å². The number of hydrogen-bond acceptors (Lipinski definition) is 6. The van der Waals surface area contributed by atoms with Crippen LogP contribution in [0, 0.1) is 5.82 Å². The molecule has 0 bridgehead atoms. The number of carbonyl (C=O) groups excluding carboxylic acids is 1. The van der Waals surface area contributed by atoms with Crippen molar-refractivity contribution in [3.8, 4) is 11.1 Å². The number of H-pyrrole nitrogens is 1. The largest absolute Gasteiger partial charge is 0.341 e. The van der Waals surface area contributed by atoms with Gasteiger partial charge in [-0.1, -0.05) is 23.9 Å². The lowest BCUT2D eigenvalue weighted by molar-refractivity contribution is -0.127. The number of fused-ring (bicyclic) bond motifs is 1. The molecular weight excluding hydrogens is 429 g/mol. The van der Waals surface area contributed by atoms with E-state index in [1.54, 1.807) is 35.4 Å². The standard InChI is InChI=1S/C20H16FN3O2S3/c1-24(8-12-6-7-27-9-12)16(25)11-29-20-22-18(26)17-15(10-28-19(17)23-20)13-2-4-14(21)5-3-13/h2-7,9-10H,8,11H2,1H3,(H,22,23,26). The van der Waals surface area contributed by atoms with E-state index < -0.39 is 0 Å². The van der Waals surface area contributed by atoms with Crippen molar-refractivity contribution < 1.29 is 9.18 Å². The summed E-state index contributed by atoms with van der Waals surface area (Å²) in [6.45, 7) is 0.553. The van der Waals surface area contributed by atoms with Gasteiger partial charge in [0, 0.05) is 24.5 Å². The maximum atomic E-state index is 13.2. The molecule has 0 atom stereocenters. The Kier molecular flexibility index (Phi) is 5.79. The molecule has 4 rings (SSSR count). The third kappa shape index (κ3) is 4.42. The molecule has 4 aromatic rings. The number of amides is 1. The molecule has 3 aromatic heterocycles. The first-order valence-electron chi connectivity index (χ1n) is 8.66. The zero-order valence-electron chi connectivity index (χ0n) is 15.3. The summed E-state index contributed by atoms with van der Waals surface area (Å²) in [6, 6.07) is 8.00. The molecule has 148 valence electrons. The molecule has 1 N–H and O–H groups in total. The average Bonchev–Trinajstić information content (AvgIpc) is 3.36. The minimum Gasteiger partial charge on any atom is -0.341 e. The number of nitrogens with zero attached hydrogens (tertiary/aromatic N) is 2. The lowest BCUT2D eigenvalue weighted by atomic mass is 10.1. The summed E-state index contributed by atoms with van der Waals surface area (Å²) in [5.41, 5.74) is 2.31. The Morgan fingerprint density at radius 2 is 2.03 bits per heavy atom. The van der Waals surface area contributed by atoms with Gasteiger partial charge in [-0.2, -0.15) is 11.3 Å². The Morgan fingerprint density at radius 1 is 1.24 bits per heavy atom. The van der Waals surface area contributed by atoms with Crippen molar-refractivity contribution in [3.05, 3.63) is 68.2 Å². The predicted octanol–water partition coefficient (Wildman–Crippen LogP) is 4.60. The Hall–Kier alpha value is -2.49. The van der Waals surface area contributed by atoms with Crippen molar-refractivity contribution in [1.82, 2.24) is 14.9 Å². The molecular formula is C20H16FN3O2S3. The van der Waals surface area contributed by atoms with Crippen LogP contribution in [0.4, 0.5) is 4.39 Å². The van der Waals surface area contributed by atoms with E-state index in [-0.39, 0.29) is 23.0 Å². The maximum Gasteiger partial charge on any atom is 0.260 e. The Labute approximate surface area is 178 Å². The number of thiophene rings is 2. The Morgan fingerprint density at radius 3 is 2.76 bits per heavy atom. The molecule has 0 aliphatic heterocycles. The summed E-state index contributed by atoms with van der Waals surface area (Å²) in [5, 5.41) is 6.72. The van der Waals surface area contributed by atoms with E-state index in [0.717, 1.165) is 16.7 Å². The highest BCUT2D eigenvalue weighted by molar-refractivity contribution is 7.99. The van der Waals surface area contributed by atoms with E-state index in [1.807, 2.05) is 22.2 Å². The lowest BCUT2D eigenvalue weighted by Crippen LogP contribution is -2.27. The third-order valence-electron chi connectivity index (χ3n) is 4.34. The van der Waals surface area contributed by atoms with Crippen molar-refractivity contribution >= 4 is 50.6 Å². The molecule has 0 spiro atoms. The van der Waals surface area contributed by atoms with Gasteiger partial charge in [0.05, 0.1) is 11.1 Å². The van der Waals surface area contributed by atoms with Gasteiger partial charge in [0.25, 0.3) is 5.56 Å². The molecule has 0 fully saturated rings. The van der Waals surface area contributed by atoms with E-state index in [1.165, 1.54) is 35.2 Å². The van der Waals surface area contributed by atoms with E-state index >= 15 is 0 Å². The smallest absolute Gasteiger partial charge is 0.260 e. The normalized spacial score (nSPS) is 11.1.